The van der Waals surface area contributed by atoms with Crippen LogP contribution in [0.4, 0.5) is 0 Å². The maximum Gasteiger partial charge on any atom is 0.274 e. The number of amides is 1. The van der Waals surface area contributed by atoms with Crippen molar-refractivity contribution in [1.82, 2.24) is 24.6 Å². The van der Waals surface area contributed by atoms with Crippen LogP contribution in [-0.4, -0.2) is 50.3 Å². The average Bonchev–Trinajstić information content (AvgIpc) is 2.99. The van der Waals surface area contributed by atoms with E-state index in [4.69, 9.17) is 9.84 Å². The molecule has 0 N–H and O–H groups in total. The zero-order valence-corrected chi connectivity index (χ0v) is 13.8. The number of piperidine rings is 1. The normalized spacial score (nSPS) is 18.5. The second-order valence-electron chi connectivity index (χ2n) is 6.39. The molecule has 2 aromatic heterocycles. The van der Waals surface area contributed by atoms with Crippen LogP contribution in [0.15, 0.2) is 18.6 Å². The lowest BCUT2D eigenvalue weighted by molar-refractivity contribution is 0.0703. The van der Waals surface area contributed by atoms with Crippen LogP contribution >= 0.6 is 0 Å². The summed E-state index contributed by atoms with van der Waals surface area (Å²) in [5, 5.41) is 4.75. The van der Waals surface area contributed by atoms with E-state index in [1.54, 1.807) is 12.4 Å². The van der Waals surface area contributed by atoms with Crippen molar-refractivity contribution in [3.8, 4) is 0 Å². The highest BCUT2D eigenvalue weighted by atomic mass is 16.5. The van der Waals surface area contributed by atoms with Crippen molar-refractivity contribution in [2.45, 2.75) is 31.8 Å². The highest BCUT2D eigenvalue weighted by molar-refractivity contribution is 5.92. The molecule has 4 rings (SSSR count). The predicted octanol–water partition coefficient (Wildman–Crippen LogP) is 1.30. The van der Waals surface area contributed by atoms with Crippen molar-refractivity contribution >= 4 is 5.91 Å². The molecule has 1 fully saturated rings. The Kier molecular flexibility index (Phi) is 4.02. The number of carbonyl (C=O) groups is 1. The molecule has 0 aliphatic carbocycles. The fraction of sp³-hybridized carbons (Fsp3) is 0.529. The van der Waals surface area contributed by atoms with Gasteiger partial charge in [-0.25, -0.2) is 4.98 Å². The maximum atomic E-state index is 12.5. The molecule has 0 radical (unpaired) electrons. The van der Waals surface area contributed by atoms with Crippen molar-refractivity contribution in [1.29, 1.82) is 0 Å². The minimum atomic E-state index is -0.0343. The zero-order valence-electron chi connectivity index (χ0n) is 13.8. The molecule has 2 aliphatic rings. The van der Waals surface area contributed by atoms with Crippen molar-refractivity contribution < 1.29 is 9.53 Å². The Bertz CT molecular complexity index is 735. The monoisotopic (exact) mass is 327 g/mol. The Balaban J connectivity index is 1.46. The van der Waals surface area contributed by atoms with Gasteiger partial charge < -0.3 is 9.64 Å². The lowest BCUT2D eigenvalue weighted by Crippen LogP contribution is -2.38. The molecule has 24 heavy (non-hydrogen) atoms. The lowest BCUT2D eigenvalue weighted by atomic mass is 9.90. The van der Waals surface area contributed by atoms with E-state index < -0.39 is 0 Å². The van der Waals surface area contributed by atoms with Crippen LogP contribution in [0.3, 0.4) is 0 Å². The third kappa shape index (κ3) is 2.69. The second-order valence-corrected chi connectivity index (χ2v) is 6.39. The van der Waals surface area contributed by atoms with Gasteiger partial charge in [0.15, 0.2) is 0 Å². The minimum absolute atomic E-state index is 0.0343. The van der Waals surface area contributed by atoms with Gasteiger partial charge in [0.2, 0.25) is 0 Å². The number of aryl methyl sites for hydroxylation is 1. The number of fused-ring (bicyclic) bond motifs is 1. The van der Waals surface area contributed by atoms with E-state index in [1.807, 2.05) is 16.6 Å². The Morgan fingerprint density at radius 1 is 1.29 bits per heavy atom. The van der Waals surface area contributed by atoms with Gasteiger partial charge in [0, 0.05) is 56.1 Å². The molecular weight excluding hydrogens is 306 g/mol. The molecule has 2 aliphatic heterocycles. The van der Waals surface area contributed by atoms with E-state index in [-0.39, 0.29) is 5.91 Å². The summed E-state index contributed by atoms with van der Waals surface area (Å²) < 4.78 is 7.63. The largest absolute Gasteiger partial charge is 0.376 e. The Labute approximate surface area is 140 Å². The number of aromatic nitrogens is 4. The van der Waals surface area contributed by atoms with Gasteiger partial charge in [-0.05, 0) is 12.8 Å². The molecule has 0 spiro atoms. The molecule has 7 nitrogen and oxygen atoms in total. The molecule has 0 bridgehead atoms. The molecule has 0 saturated carbocycles. The number of nitrogens with zero attached hydrogens (tertiary/aromatic N) is 5. The smallest absolute Gasteiger partial charge is 0.274 e. The van der Waals surface area contributed by atoms with Crippen molar-refractivity contribution in [3.63, 3.8) is 0 Å². The number of hydrogen-bond donors (Lipinski definition) is 0. The van der Waals surface area contributed by atoms with E-state index in [0.29, 0.717) is 18.2 Å². The quantitative estimate of drug-likeness (QED) is 0.831. The Morgan fingerprint density at radius 2 is 2.12 bits per heavy atom. The first kappa shape index (κ1) is 15.3. The first-order valence-electron chi connectivity index (χ1n) is 8.41. The average molecular weight is 327 g/mol. The van der Waals surface area contributed by atoms with E-state index in [2.05, 4.69) is 9.97 Å². The van der Waals surface area contributed by atoms with Gasteiger partial charge in [-0.15, -0.1) is 0 Å². The lowest BCUT2D eigenvalue weighted by Gasteiger charge is -2.31. The van der Waals surface area contributed by atoms with Gasteiger partial charge >= 0.3 is 0 Å². The summed E-state index contributed by atoms with van der Waals surface area (Å²) in [4.78, 5) is 22.4. The number of carbonyl (C=O) groups excluding carboxylic acids is 1. The predicted molar refractivity (Wildman–Crippen MR) is 86.5 cm³/mol. The van der Waals surface area contributed by atoms with Crippen LogP contribution in [0.25, 0.3) is 0 Å². The highest BCUT2D eigenvalue weighted by Gasteiger charge is 2.30. The van der Waals surface area contributed by atoms with E-state index in [1.165, 1.54) is 23.1 Å². The van der Waals surface area contributed by atoms with Gasteiger partial charge in [-0.2, -0.15) is 5.10 Å². The van der Waals surface area contributed by atoms with Crippen LogP contribution in [-0.2, 0) is 24.8 Å². The fourth-order valence-electron chi connectivity index (χ4n) is 3.69. The molecule has 0 aromatic carbocycles. The van der Waals surface area contributed by atoms with Crippen LogP contribution in [0.2, 0.25) is 0 Å². The van der Waals surface area contributed by atoms with Gasteiger partial charge in [-0.1, -0.05) is 0 Å². The SMILES string of the molecule is Cn1nc(C2CCN(C(=O)c3cnccn3)CC2)c2c1CCOC2. The highest BCUT2D eigenvalue weighted by Crippen LogP contribution is 2.33. The minimum Gasteiger partial charge on any atom is -0.376 e. The van der Waals surface area contributed by atoms with Crippen LogP contribution in [0, 0.1) is 0 Å². The van der Waals surface area contributed by atoms with Crippen LogP contribution < -0.4 is 0 Å². The molecule has 7 heteroatoms. The molecule has 1 amide bonds. The third-order valence-electron chi connectivity index (χ3n) is 4.99. The summed E-state index contributed by atoms with van der Waals surface area (Å²) in [5.74, 6) is 0.362. The molecular formula is C17H21N5O2. The third-order valence-corrected chi connectivity index (χ3v) is 4.99. The molecule has 2 aromatic rings. The number of hydrogen-bond acceptors (Lipinski definition) is 5. The van der Waals surface area contributed by atoms with E-state index in [0.717, 1.165) is 39.0 Å². The molecule has 4 heterocycles. The van der Waals surface area contributed by atoms with Gasteiger partial charge in [-0.3, -0.25) is 14.5 Å². The first-order chi connectivity index (χ1) is 11.7. The standard InChI is InChI=1S/C17H21N5O2/c1-21-15-4-9-24-11-13(15)16(20-21)12-2-7-22(8-3-12)17(23)14-10-18-5-6-19-14/h5-6,10,12H,2-4,7-9,11H2,1H3. The fourth-order valence-corrected chi connectivity index (χ4v) is 3.69. The summed E-state index contributed by atoms with van der Waals surface area (Å²) >= 11 is 0. The Morgan fingerprint density at radius 3 is 2.88 bits per heavy atom. The molecule has 126 valence electrons. The maximum absolute atomic E-state index is 12.5. The topological polar surface area (TPSA) is 73.1 Å². The van der Waals surface area contributed by atoms with Gasteiger partial charge in [0.05, 0.1) is 25.1 Å². The molecule has 1 saturated heterocycles. The summed E-state index contributed by atoms with van der Waals surface area (Å²) in [7, 11) is 2.01. The number of rotatable bonds is 2. The van der Waals surface area contributed by atoms with Crippen LogP contribution in [0.5, 0.6) is 0 Å². The van der Waals surface area contributed by atoms with Crippen molar-refractivity contribution in [2.75, 3.05) is 19.7 Å². The van der Waals surface area contributed by atoms with Crippen molar-refractivity contribution in [3.05, 3.63) is 41.2 Å². The first-order valence-corrected chi connectivity index (χ1v) is 8.41. The number of ether oxygens (including phenoxy) is 1. The van der Waals surface area contributed by atoms with Gasteiger partial charge in [0.1, 0.15) is 5.69 Å². The summed E-state index contributed by atoms with van der Waals surface area (Å²) in [5.41, 5.74) is 4.15. The summed E-state index contributed by atoms with van der Waals surface area (Å²) in [6, 6.07) is 0. The molecule has 0 unspecified atom stereocenters. The number of likely N-dealkylation sites (tertiary alicyclic amines) is 1. The summed E-state index contributed by atoms with van der Waals surface area (Å²) in [6.07, 6.45) is 7.45. The van der Waals surface area contributed by atoms with Crippen molar-refractivity contribution in [2.24, 2.45) is 7.05 Å². The second kappa shape index (κ2) is 6.32. The molecule has 0 atom stereocenters. The van der Waals surface area contributed by atoms with Gasteiger partial charge in [0.25, 0.3) is 5.91 Å². The van der Waals surface area contributed by atoms with Crippen LogP contribution in [0.1, 0.15) is 46.2 Å². The zero-order chi connectivity index (χ0) is 16.5. The van der Waals surface area contributed by atoms with E-state index in [9.17, 15) is 4.79 Å². The Hall–Kier alpha value is -2.28. The summed E-state index contributed by atoms with van der Waals surface area (Å²) in [6.45, 7) is 2.90. The van der Waals surface area contributed by atoms with E-state index >= 15 is 0 Å².